The van der Waals surface area contributed by atoms with Crippen molar-refractivity contribution in [2.24, 2.45) is 5.41 Å². The van der Waals surface area contributed by atoms with Crippen LogP contribution in [0.4, 0.5) is 10.2 Å². The summed E-state index contributed by atoms with van der Waals surface area (Å²) in [5.41, 5.74) is 0.605. The average molecular weight is 279 g/mol. The highest BCUT2D eigenvalue weighted by molar-refractivity contribution is 5.98. The summed E-state index contributed by atoms with van der Waals surface area (Å²) in [6, 6.07) is 1.27. The van der Waals surface area contributed by atoms with Crippen molar-refractivity contribution in [1.29, 1.82) is 0 Å². The van der Waals surface area contributed by atoms with Crippen molar-refractivity contribution in [1.82, 2.24) is 9.88 Å². The molecule has 1 saturated heterocycles. The second-order valence-electron chi connectivity index (χ2n) is 6.04. The predicted molar refractivity (Wildman–Crippen MR) is 77.3 cm³/mol. The number of nitrogens with zero attached hydrogens (tertiary/aromatic N) is 2. The van der Waals surface area contributed by atoms with Gasteiger partial charge in [-0.05, 0) is 31.2 Å². The molecule has 20 heavy (non-hydrogen) atoms. The molecule has 1 amide bonds. The molecule has 5 heteroatoms. The highest BCUT2D eigenvalue weighted by Gasteiger charge is 2.29. The van der Waals surface area contributed by atoms with Crippen LogP contribution in [0.25, 0.3) is 0 Å². The number of hydrogen-bond donors (Lipinski definition) is 1. The number of carbonyl (C=O) groups is 1. The Bertz CT molecular complexity index is 492. The number of rotatable bonds is 3. The minimum Gasteiger partial charge on any atom is -0.370 e. The van der Waals surface area contributed by atoms with Gasteiger partial charge in [0.05, 0.1) is 11.8 Å². The lowest BCUT2D eigenvalue weighted by Crippen LogP contribution is -2.41. The molecule has 0 aliphatic carbocycles. The number of likely N-dealkylation sites (tertiary alicyclic amines) is 1. The summed E-state index contributed by atoms with van der Waals surface area (Å²) in [5.74, 6) is -0.153. The summed E-state index contributed by atoms with van der Waals surface area (Å²) in [6.45, 7) is 8.42. The Morgan fingerprint density at radius 3 is 2.70 bits per heavy atom. The van der Waals surface area contributed by atoms with Crippen molar-refractivity contribution in [2.75, 3.05) is 25.0 Å². The van der Waals surface area contributed by atoms with Crippen LogP contribution in [-0.2, 0) is 0 Å². The zero-order valence-electron chi connectivity index (χ0n) is 12.4. The summed E-state index contributed by atoms with van der Waals surface area (Å²) < 4.78 is 13.4. The van der Waals surface area contributed by atoms with Crippen molar-refractivity contribution in [3.63, 3.8) is 0 Å². The van der Waals surface area contributed by atoms with Crippen LogP contribution in [0.1, 0.15) is 44.0 Å². The van der Waals surface area contributed by atoms with E-state index in [9.17, 15) is 9.18 Å². The van der Waals surface area contributed by atoms with Gasteiger partial charge in [0.25, 0.3) is 5.91 Å². The average Bonchev–Trinajstić information content (AvgIpc) is 2.40. The molecule has 2 heterocycles. The first-order chi connectivity index (χ1) is 9.43. The molecule has 0 aromatic carbocycles. The van der Waals surface area contributed by atoms with E-state index < -0.39 is 5.82 Å². The van der Waals surface area contributed by atoms with Crippen LogP contribution >= 0.6 is 0 Å². The van der Waals surface area contributed by atoms with Crippen LogP contribution in [-0.4, -0.2) is 35.4 Å². The Labute approximate surface area is 119 Å². The number of aromatic nitrogens is 1. The van der Waals surface area contributed by atoms with Gasteiger partial charge in [0.2, 0.25) is 0 Å². The van der Waals surface area contributed by atoms with E-state index in [4.69, 9.17) is 0 Å². The third-order valence-electron chi connectivity index (χ3n) is 3.83. The monoisotopic (exact) mass is 279 g/mol. The van der Waals surface area contributed by atoms with Gasteiger partial charge in [-0.3, -0.25) is 4.79 Å². The second-order valence-corrected chi connectivity index (χ2v) is 6.04. The second kappa shape index (κ2) is 5.77. The number of hydrogen-bond acceptors (Lipinski definition) is 3. The van der Waals surface area contributed by atoms with E-state index >= 15 is 0 Å². The van der Waals surface area contributed by atoms with E-state index in [1.807, 2.05) is 6.92 Å². The van der Waals surface area contributed by atoms with E-state index in [1.165, 1.54) is 6.07 Å². The molecule has 1 aromatic rings. The topological polar surface area (TPSA) is 45.2 Å². The zero-order valence-corrected chi connectivity index (χ0v) is 12.4. The molecule has 0 radical (unpaired) electrons. The molecule has 0 bridgehead atoms. The van der Waals surface area contributed by atoms with Crippen LogP contribution in [0.2, 0.25) is 0 Å². The minimum atomic E-state index is -0.479. The van der Waals surface area contributed by atoms with Gasteiger partial charge in [-0.1, -0.05) is 13.8 Å². The first kappa shape index (κ1) is 14.8. The SMILES string of the molecule is CCNc1ncc(F)cc1C(=O)N1CCC(C)(C)CC1. The molecule has 1 aliphatic heterocycles. The first-order valence-corrected chi connectivity index (χ1v) is 7.11. The fourth-order valence-electron chi connectivity index (χ4n) is 2.40. The van der Waals surface area contributed by atoms with Gasteiger partial charge < -0.3 is 10.2 Å². The number of nitrogens with one attached hydrogen (secondary N) is 1. The molecule has 1 aliphatic rings. The third kappa shape index (κ3) is 3.26. The van der Waals surface area contributed by atoms with Crippen LogP contribution in [0, 0.1) is 11.2 Å². The van der Waals surface area contributed by atoms with E-state index in [1.54, 1.807) is 4.90 Å². The van der Waals surface area contributed by atoms with Gasteiger partial charge in [-0.2, -0.15) is 0 Å². The summed E-state index contributed by atoms with van der Waals surface area (Å²) in [6.07, 6.45) is 3.07. The van der Waals surface area contributed by atoms with E-state index in [2.05, 4.69) is 24.1 Å². The van der Waals surface area contributed by atoms with Crippen molar-refractivity contribution in [2.45, 2.75) is 33.6 Å². The molecule has 0 unspecified atom stereocenters. The Morgan fingerprint density at radius 1 is 1.45 bits per heavy atom. The molecule has 4 nitrogen and oxygen atoms in total. The lowest BCUT2D eigenvalue weighted by Gasteiger charge is -2.37. The molecule has 1 N–H and O–H groups in total. The van der Waals surface area contributed by atoms with Crippen molar-refractivity contribution in [3.8, 4) is 0 Å². The highest BCUT2D eigenvalue weighted by atomic mass is 19.1. The van der Waals surface area contributed by atoms with Gasteiger partial charge in [0.15, 0.2) is 0 Å². The maximum atomic E-state index is 13.4. The molecule has 0 spiro atoms. The molecule has 2 rings (SSSR count). The highest BCUT2D eigenvalue weighted by Crippen LogP contribution is 2.30. The molecule has 0 saturated carbocycles. The maximum absolute atomic E-state index is 13.4. The summed E-state index contributed by atoms with van der Waals surface area (Å²) in [4.78, 5) is 18.3. The zero-order chi connectivity index (χ0) is 14.8. The fraction of sp³-hybridized carbons (Fsp3) is 0.600. The molecule has 1 fully saturated rings. The molecule has 110 valence electrons. The van der Waals surface area contributed by atoms with Crippen molar-refractivity contribution >= 4 is 11.7 Å². The number of anilines is 1. The lowest BCUT2D eigenvalue weighted by molar-refractivity contribution is 0.0630. The fourth-order valence-corrected chi connectivity index (χ4v) is 2.40. The van der Waals surface area contributed by atoms with Crippen LogP contribution in [0.15, 0.2) is 12.3 Å². The Balaban J connectivity index is 2.18. The summed E-state index contributed by atoms with van der Waals surface area (Å²) in [5, 5.41) is 3.01. The van der Waals surface area contributed by atoms with Gasteiger partial charge in [-0.15, -0.1) is 0 Å². The largest absolute Gasteiger partial charge is 0.370 e. The van der Waals surface area contributed by atoms with E-state index in [-0.39, 0.29) is 11.3 Å². The lowest BCUT2D eigenvalue weighted by atomic mass is 9.82. The van der Waals surface area contributed by atoms with Crippen LogP contribution in [0.5, 0.6) is 0 Å². The number of halogens is 1. The Kier molecular flexibility index (Phi) is 4.26. The molecule has 0 atom stereocenters. The smallest absolute Gasteiger partial charge is 0.257 e. The molecular formula is C15H22FN3O. The minimum absolute atomic E-state index is 0.136. The predicted octanol–water partition coefficient (Wildman–Crippen LogP) is 2.91. The normalized spacial score (nSPS) is 17.9. The van der Waals surface area contributed by atoms with Crippen LogP contribution in [0.3, 0.4) is 0 Å². The molecule has 1 aromatic heterocycles. The van der Waals surface area contributed by atoms with E-state index in [0.29, 0.717) is 31.0 Å². The number of carbonyl (C=O) groups excluding carboxylic acids is 1. The standard InChI is InChI=1S/C15H22FN3O/c1-4-17-13-12(9-11(16)10-18-13)14(20)19-7-5-15(2,3)6-8-19/h9-10H,4-8H2,1-3H3,(H,17,18). The first-order valence-electron chi connectivity index (χ1n) is 7.11. The number of amides is 1. The van der Waals surface area contributed by atoms with Gasteiger partial charge in [0.1, 0.15) is 11.6 Å². The maximum Gasteiger partial charge on any atom is 0.257 e. The van der Waals surface area contributed by atoms with Crippen molar-refractivity contribution < 1.29 is 9.18 Å². The van der Waals surface area contributed by atoms with E-state index in [0.717, 1.165) is 19.0 Å². The van der Waals surface area contributed by atoms with Gasteiger partial charge in [0, 0.05) is 19.6 Å². The van der Waals surface area contributed by atoms with Gasteiger partial charge in [-0.25, -0.2) is 9.37 Å². The number of piperidine rings is 1. The Hall–Kier alpha value is -1.65. The quantitative estimate of drug-likeness (QED) is 0.925. The summed E-state index contributed by atoms with van der Waals surface area (Å²) in [7, 11) is 0. The summed E-state index contributed by atoms with van der Waals surface area (Å²) >= 11 is 0. The number of pyridine rings is 1. The Morgan fingerprint density at radius 2 is 2.10 bits per heavy atom. The van der Waals surface area contributed by atoms with Crippen molar-refractivity contribution in [3.05, 3.63) is 23.6 Å². The van der Waals surface area contributed by atoms with Crippen LogP contribution < -0.4 is 5.32 Å². The molecular weight excluding hydrogens is 257 g/mol. The third-order valence-corrected chi connectivity index (χ3v) is 3.83. The van der Waals surface area contributed by atoms with Gasteiger partial charge >= 0.3 is 0 Å².